The highest BCUT2D eigenvalue weighted by Crippen LogP contribution is 2.27. The number of furan rings is 1. The number of hydrogen-bond donors (Lipinski definition) is 1. The normalized spacial score (nSPS) is 13.2. The van der Waals surface area contributed by atoms with E-state index in [2.05, 4.69) is 15.9 Å². The van der Waals surface area contributed by atoms with E-state index in [1.54, 1.807) is 42.5 Å². The SMILES string of the molecule is O=S(=O)(Cc1ccccc1)OC[C@H](O)c1cc2cc(Br)ccc2o1. The van der Waals surface area contributed by atoms with Gasteiger partial charge in [0, 0.05) is 9.86 Å². The predicted octanol–water partition coefficient (Wildman–Crippen LogP) is 3.78. The molecule has 1 heterocycles. The number of hydrogen-bond acceptors (Lipinski definition) is 5. The van der Waals surface area contributed by atoms with Crippen LogP contribution >= 0.6 is 15.9 Å². The second-order valence-electron chi connectivity index (χ2n) is 5.32. The van der Waals surface area contributed by atoms with Crippen molar-refractivity contribution in [1.82, 2.24) is 0 Å². The lowest BCUT2D eigenvalue weighted by Crippen LogP contribution is -2.14. The minimum absolute atomic E-state index is 0.242. The molecule has 0 bridgehead atoms. The zero-order valence-electron chi connectivity index (χ0n) is 12.6. The summed E-state index contributed by atoms with van der Waals surface area (Å²) in [5.74, 6) is 0.0196. The van der Waals surface area contributed by atoms with Gasteiger partial charge in [-0.2, -0.15) is 8.42 Å². The number of rotatable bonds is 6. The molecule has 0 radical (unpaired) electrons. The molecule has 0 aliphatic heterocycles. The zero-order chi connectivity index (χ0) is 17.2. The van der Waals surface area contributed by atoms with Crippen LogP contribution in [0.3, 0.4) is 0 Å². The molecule has 0 saturated heterocycles. The van der Waals surface area contributed by atoms with E-state index in [0.29, 0.717) is 11.1 Å². The molecule has 3 aromatic rings. The molecule has 0 saturated carbocycles. The number of aliphatic hydroxyl groups excluding tert-OH is 1. The number of fused-ring (bicyclic) bond motifs is 1. The fourth-order valence-electron chi connectivity index (χ4n) is 2.27. The second-order valence-corrected chi connectivity index (χ2v) is 7.87. The van der Waals surface area contributed by atoms with Crippen molar-refractivity contribution < 1.29 is 22.1 Å². The van der Waals surface area contributed by atoms with E-state index in [9.17, 15) is 13.5 Å². The summed E-state index contributed by atoms with van der Waals surface area (Å²) in [5, 5.41) is 10.9. The van der Waals surface area contributed by atoms with Gasteiger partial charge in [0.2, 0.25) is 0 Å². The minimum atomic E-state index is -3.78. The van der Waals surface area contributed by atoms with Crippen LogP contribution in [0.2, 0.25) is 0 Å². The molecule has 0 unspecified atom stereocenters. The zero-order valence-corrected chi connectivity index (χ0v) is 15.0. The summed E-state index contributed by atoms with van der Waals surface area (Å²) in [6.45, 7) is -0.393. The Morgan fingerprint density at radius 2 is 1.88 bits per heavy atom. The Labute approximate surface area is 148 Å². The summed E-state index contributed by atoms with van der Waals surface area (Å²) in [6, 6.07) is 15.8. The quantitative estimate of drug-likeness (QED) is 0.625. The van der Waals surface area contributed by atoms with E-state index in [0.717, 1.165) is 9.86 Å². The molecule has 0 fully saturated rings. The number of halogens is 1. The van der Waals surface area contributed by atoms with Crippen molar-refractivity contribution in [3.63, 3.8) is 0 Å². The minimum Gasteiger partial charge on any atom is -0.458 e. The van der Waals surface area contributed by atoms with E-state index < -0.39 is 22.8 Å². The molecule has 0 aliphatic carbocycles. The van der Waals surface area contributed by atoms with E-state index in [1.807, 2.05) is 12.1 Å². The van der Waals surface area contributed by atoms with Crippen LogP contribution in [0.4, 0.5) is 0 Å². The molecular formula is C17H15BrO5S. The maximum Gasteiger partial charge on any atom is 0.271 e. The molecule has 7 heteroatoms. The molecule has 1 atom stereocenters. The van der Waals surface area contributed by atoms with Crippen LogP contribution in [0, 0.1) is 0 Å². The van der Waals surface area contributed by atoms with Crippen molar-refractivity contribution in [2.24, 2.45) is 0 Å². The maximum absolute atomic E-state index is 12.0. The summed E-state index contributed by atoms with van der Waals surface area (Å²) >= 11 is 3.36. The molecule has 126 valence electrons. The largest absolute Gasteiger partial charge is 0.458 e. The van der Waals surface area contributed by atoms with Crippen LogP contribution in [0.5, 0.6) is 0 Å². The second kappa shape index (κ2) is 7.06. The van der Waals surface area contributed by atoms with Gasteiger partial charge in [0.15, 0.2) is 0 Å². The summed E-state index contributed by atoms with van der Waals surface area (Å²) in [4.78, 5) is 0. The van der Waals surface area contributed by atoms with Crippen LogP contribution in [0.15, 0.2) is 63.5 Å². The molecule has 0 aliphatic rings. The van der Waals surface area contributed by atoms with Crippen molar-refractivity contribution in [3.05, 3.63) is 70.4 Å². The lowest BCUT2D eigenvalue weighted by molar-refractivity contribution is 0.0931. The van der Waals surface area contributed by atoms with Crippen molar-refractivity contribution in [2.45, 2.75) is 11.9 Å². The van der Waals surface area contributed by atoms with Gasteiger partial charge in [-0.3, -0.25) is 4.18 Å². The van der Waals surface area contributed by atoms with Gasteiger partial charge in [0.05, 0.1) is 6.61 Å². The highest BCUT2D eigenvalue weighted by molar-refractivity contribution is 9.10. The molecule has 24 heavy (non-hydrogen) atoms. The number of benzene rings is 2. The van der Waals surface area contributed by atoms with Gasteiger partial charge >= 0.3 is 0 Å². The highest BCUT2D eigenvalue weighted by atomic mass is 79.9. The third kappa shape index (κ3) is 4.24. The molecule has 5 nitrogen and oxygen atoms in total. The van der Waals surface area contributed by atoms with E-state index in [1.165, 1.54) is 0 Å². The van der Waals surface area contributed by atoms with Crippen molar-refractivity contribution >= 4 is 37.0 Å². The first-order valence-corrected chi connectivity index (χ1v) is 9.58. The maximum atomic E-state index is 12.0. The summed E-state index contributed by atoms with van der Waals surface area (Å²) in [5.41, 5.74) is 1.24. The van der Waals surface area contributed by atoms with Crippen LogP contribution < -0.4 is 0 Å². The van der Waals surface area contributed by atoms with Gasteiger partial charge in [-0.05, 0) is 29.8 Å². The topological polar surface area (TPSA) is 76.7 Å². The summed E-state index contributed by atoms with van der Waals surface area (Å²) < 4.78 is 35.3. The first kappa shape index (κ1) is 17.2. The lowest BCUT2D eigenvalue weighted by Gasteiger charge is -2.09. The van der Waals surface area contributed by atoms with Crippen molar-refractivity contribution in [2.75, 3.05) is 6.61 Å². The van der Waals surface area contributed by atoms with E-state index in [-0.39, 0.29) is 11.5 Å². The van der Waals surface area contributed by atoms with Crippen LogP contribution in [-0.2, 0) is 20.1 Å². The molecule has 3 rings (SSSR count). The molecule has 0 amide bonds. The standard InChI is InChI=1S/C17H15BrO5S/c18-14-6-7-16-13(8-14)9-17(23-16)15(19)10-22-24(20,21)11-12-4-2-1-3-5-12/h1-9,15,19H,10-11H2/t15-/m0/s1. The third-order valence-electron chi connectivity index (χ3n) is 3.42. The summed E-state index contributed by atoms with van der Waals surface area (Å²) in [7, 11) is -3.78. The molecular weight excluding hydrogens is 396 g/mol. The van der Waals surface area contributed by atoms with Gasteiger partial charge < -0.3 is 9.52 Å². The highest BCUT2D eigenvalue weighted by Gasteiger charge is 2.19. The molecule has 0 spiro atoms. The Balaban J connectivity index is 1.66. The van der Waals surface area contributed by atoms with E-state index >= 15 is 0 Å². The van der Waals surface area contributed by atoms with Crippen molar-refractivity contribution in [1.29, 1.82) is 0 Å². The van der Waals surface area contributed by atoms with Gasteiger partial charge in [0.1, 0.15) is 23.2 Å². The predicted molar refractivity (Wildman–Crippen MR) is 93.9 cm³/mol. The fourth-order valence-corrected chi connectivity index (χ4v) is 3.67. The third-order valence-corrected chi connectivity index (χ3v) is 5.09. The summed E-state index contributed by atoms with van der Waals surface area (Å²) in [6.07, 6.45) is -1.17. The Bertz CT molecular complexity index is 934. The van der Waals surface area contributed by atoms with Gasteiger partial charge in [-0.25, -0.2) is 0 Å². The monoisotopic (exact) mass is 410 g/mol. The van der Waals surface area contributed by atoms with Crippen LogP contribution in [0.25, 0.3) is 11.0 Å². The first-order chi connectivity index (χ1) is 11.4. The van der Waals surface area contributed by atoms with Crippen LogP contribution in [-0.4, -0.2) is 20.1 Å². The average Bonchev–Trinajstić information content (AvgIpc) is 2.96. The van der Waals surface area contributed by atoms with Gasteiger partial charge in [0.25, 0.3) is 10.1 Å². The number of aliphatic hydroxyl groups is 1. The smallest absolute Gasteiger partial charge is 0.271 e. The molecule has 2 aromatic carbocycles. The Morgan fingerprint density at radius 3 is 2.62 bits per heavy atom. The van der Waals surface area contributed by atoms with Gasteiger partial charge in [-0.15, -0.1) is 0 Å². The van der Waals surface area contributed by atoms with E-state index in [4.69, 9.17) is 8.60 Å². The van der Waals surface area contributed by atoms with Crippen molar-refractivity contribution in [3.8, 4) is 0 Å². The molecule has 1 aromatic heterocycles. The Morgan fingerprint density at radius 1 is 1.12 bits per heavy atom. The Kier molecular flexibility index (Phi) is 5.05. The average molecular weight is 411 g/mol. The molecule has 1 N–H and O–H groups in total. The lowest BCUT2D eigenvalue weighted by atomic mass is 10.2. The van der Waals surface area contributed by atoms with Crippen LogP contribution in [0.1, 0.15) is 17.4 Å². The van der Waals surface area contributed by atoms with Gasteiger partial charge in [-0.1, -0.05) is 46.3 Å². The fraction of sp³-hybridized carbons (Fsp3) is 0.176. The first-order valence-electron chi connectivity index (χ1n) is 7.21. The Hall–Kier alpha value is -1.67.